The number of anilines is 1. The van der Waals surface area contributed by atoms with Crippen molar-refractivity contribution in [3.05, 3.63) is 24.3 Å². The van der Waals surface area contributed by atoms with Crippen LogP contribution in [0, 0.1) is 0 Å². The Morgan fingerprint density at radius 2 is 1.95 bits per heavy atom. The SMILES string of the molecule is COc1ccccc1N(C)S(=O)(=O)CCCNC(C)C. The Morgan fingerprint density at radius 3 is 2.55 bits per heavy atom. The summed E-state index contributed by atoms with van der Waals surface area (Å²) < 4.78 is 31.1. The Kier molecular flexibility index (Phi) is 6.29. The van der Waals surface area contributed by atoms with Crippen LogP contribution in [-0.4, -0.2) is 40.9 Å². The number of rotatable bonds is 8. The topological polar surface area (TPSA) is 58.6 Å². The summed E-state index contributed by atoms with van der Waals surface area (Å²) in [5.41, 5.74) is 0.562. The first kappa shape index (κ1) is 16.8. The zero-order valence-electron chi connectivity index (χ0n) is 12.6. The van der Waals surface area contributed by atoms with Crippen LogP contribution in [0.25, 0.3) is 0 Å². The number of methoxy groups -OCH3 is 1. The van der Waals surface area contributed by atoms with Crippen molar-refractivity contribution >= 4 is 15.7 Å². The third-order valence-corrected chi connectivity index (χ3v) is 4.81. The average Bonchev–Trinajstić information content (AvgIpc) is 2.42. The molecule has 0 unspecified atom stereocenters. The quantitative estimate of drug-likeness (QED) is 0.744. The largest absolute Gasteiger partial charge is 0.495 e. The van der Waals surface area contributed by atoms with Crippen molar-refractivity contribution in [2.45, 2.75) is 26.3 Å². The standard InChI is InChI=1S/C14H24N2O3S/c1-12(2)15-10-7-11-20(17,18)16(3)13-8-5-6-9-14(13)19-4/h5-6,8-9,12,15H,7,10-11H2,1-4H3. The van der Waals surface area contributed by atoms with Gasteiger partial charge < -0.3 is 10.1 Å². The second kappa shape index (κ2) is 7.50. The minimum atomic E-state index is -3.33. The second-order valence-corrected chi connectivity index (χ2v) is 7.04. The molecule has 1 rings (SSSR count). The van der Waals surface area contributed by atoms with E-state index in [1.54, 1.807) is 25.2 Å². The van der Waals surface area contributed by atoms with Crippen molar-refractivity contribution in [1.29, 1.82) is 0 Å². The van der Waals surface area contributed by atoms with Gasteiger partial charge in [0, 0.05) is 13.1 Å². The summed E-state index contributed by atoms with van der Waals surface area (Å²) in [5.74, 6) is 0.667. The van der Waals surface area contributed by atoms with Crippen molar-refractivity contribution in [3.63, 3.8) is 0 Å². The van der Waals surface area contributed by atoms with E-state index in [2.05, 4.69) is 5.32 Å². The van der Waals surface area contributed by atoms with Gasteiger partial charge in [0.2, 0.25) is 10.0 Å². The molecule has 0 aromatic heterocycles. The number of para-hydroxylation sites is 2. The summed E-state index contributed by atoms with van der Waals surface area (Å²) >= 11 is 0. The first-order valence-electron chi connectivity index (χ1n) is 6.71. The Labute approximate surface area is 122 Å². The maximum absolute atomic E-state index is 12.3. The second-order valence-electron chi connectivity index (χ2n) is 4.92. The van der Waals surface area contributed by atoms with Crippen molar-refractivity contribution in [1.82, 2.24) is 5.32 Å². The van der Waals surface area contributed by atoms with Gasteiger partial charge in [0.15, 0.2) is 0 Å². The number of nitrogens with one attached hydrogen (secondary N) is 1. The van der Waals surface area contributed by atoms with Crippen LogP contribution in [0.2, 0.25) is 0 Å². The van der Waals surface area contributed by atoms with Crippen LogP contribution in [-0.2, 0) is 10.0 Å². The highest BCUT2D eigenvalue weighted by molar-refractivity contribution is 7.92. The molecule has 0 aliphatic carbocycles. The van der Waals surface area contributed by atoms with Gasteiger partial charge in [-0.2, -0.15) is 0 Å². The van der Waals surface area contributed by atoms with E-state index in [-0.39, 0.29) is 5.75 Å². The van der Waals surface area contributed by atoms with Gasteiger partial charge in [-0.15, -0.1) is 0 Å². The molecule has 5 nitrogen and oxygen atoms in total. The van der Waals surface area contributed by atoms with Crippen LogP contribution in [0.1, 0.15) is 20.3 Å². The van der Waals surface area contributed by atoms with E-state index < -0.39 is 10.0 Å². The fourth-order valence-corrected chi connectivity index (χ4v) is 3.06. The van der Waals surface area contributed by atoms with Crippen LogP contribution in [0.5, 0.6) is 5.75 Å². The third-order valence-electron chi connectivity index (χ3n) is 2.97. The maximum atomic E-state index is 12.3. The van der Waals surface area contributed by atoms with E-state index in [1.807, 2.05) is 19.9 Å². The van der Waals surface area contributed by atoms with Gasteiger partial charge in [-0.05, 0) is 25.1 Å². The molecule has 1 aromatic rings. The van der Waals surface area contributed by atoms with Crippen LogP contribution in [0.15, 0.2) is 24.3 Å². The number of hydrogen-bond donors (Lipinski definition) is 1. The molecular formula is C14H24N2O3S. The Hall–Kier alpha value is -1.27. The fourth-order valence-electron chi connectivity index (χ4n) is 1.82. The van der Waals surface area contributed by atoms with Gasteiger partial charge in [-0.3, -0.25) is 4.31 Å². The van der Waals surface area contributed by atoms with E-state index >= 15 is 0 Å². The fraction of sp³-hybridized carbons (Fsp3) is 0.571. The Balaban J connectivity index is 2.71. The number of hydrogen-bond acceptors (Lipinski definition) is 4. The summed E-state index contributed by atoms with van der Waals surface area (Å²) in [5, 5.41) is 3.21. The molecule has 0 saturated heterocycles. The predicted molar refractivity (Wildman–Crippen MR) is 82.9 cm³/mol. The molecule has 1 aromatic carbocycles. The smallest absolute Gasteiger partial charge is 0.235 e. The lowest BCUT2D eigenvalue weighted by atomic mass is 10.3. The molecule has 0 bridgehead atoms. The molecule has 0 aliphatic heterocycles. The van der Waals surface area contributed by atoms with Gasteiger partial charge in [-0.1, -0.05) is 26.0 Å². The number of benzene rings is 1. The molecule has 0 fully saturated rings. The van der Waals surface area contributed by atoms with Crippen molar-refractivity contribution < 1.29 is 13.2 Å². The number of sulfonamides is 1. The zero-order valence-corrected chi connectivity index (χ0v) is 13.4. The van der Waals surface area contributed by atoms with Gasteiger partial charge in [-0.25, -0.2) is 8.42 Å². The van der Waals surface area contributed by atoms with E-state index in [1.165, 1.54) is 11.4 Å². The molecule has 6 heteroatoms. The van der Waals surface area contributed by atoms with Crippen LogP contribution < -0.4 is 14.4 Å². The first-order chi connectivity index (χ1) is 9.38. The van der Waals surface area contributed by atoms with Crippen LogP contribution in [0.3, 0.4) is 0 Å². The van der Waals surface area contributed by atoms with Crippen LogP contribution in [0.4, 0.5) is 5.69 Å². The van der Waals surface area contributed by atoms with Gasteiger partial charge in [0.1, 0.15) is 5.75 Å². The average molecular weight is 300 g/mol. The third kappa shape index (κ3) is 4.68. The monoisotopic (exact) mass is 300 g/mol. The molecule has 0 spiro atoms. The lowest BCUT2D eigenvalue weighted by Crippen LogP contribution is -2.32. The van der Waals surface area contributed by atoms with E-state index in [0.717, 1.165) is 0 Å². The van der Waals surface area contributed by atoms with E-state index in [9.17, 15) is 8.42 Å². The molecular weight excluding hydrogens is 276 g/mol. The van der Waals surface area contributed by atoms with Crippen molar-refractivity contribution in [2.75, 3.05) is 30.8 Å². The van der Waals surface area contributed by atoms with Crippen molar-refractivity contribution in [2.24, 2.45) is 0 Å². The molecule has 0 atom stereocenters. The maximum Gasteiger partial charge on any atom is 0.235 e. The molecule has 0 aliphatic rings. The van der Waals surface area contributed by atoms with Crippen molar-refractivity contribution in [3.8, 4) is 5.75 Å². The Bertz CT molecular complexity index is 515. The number of nitrogens with zero attached hydrogens (tertiary/aromatic N) is 1. The van der Waals surface area contributed by atoms with Crippen LogP contribution >= 0.6 is 0 Å². The molecule has 0 saturated carbocycles. The zero-order chi connectivity index (χ0) is 15.2. The van der Waals surface area contributed by atoms with Gasteiger partial charge >= 0.3 is 0 Å². The molecule has 1 N–H and O–H groups in total. The summed E-state index contributed by atoms with van der Waals surface area (Å²) in [6, 6.07) is 7.47. The Morgan fingerprint density at radius 1 is 1.30 bits per heavy atom. The molecule has 20 heavy (non-hydrogen) atoms. The molecule has 114 valence electrons. The highest BCUT2D eigenvalue weighted by Gasteiger charge is 2.20. The normalized spacial score (nSPS) is 11.7. The first-order valence-corrected chi connectivity index (χ1v) is 8.32. The van der Waals surface area contributed by atoms with Gasteiger partial charge in [0.25, 0.3) is 0 Å². The molecule has 0 amide bonds. The summed E-state index contributed by atoms with van der Waals surface area (Å²) in [6.07, 6.45) is 0.583. The highest BCUT2D eigenvalue weighted by Crippen LogP contribution is 2.28. The van der Waals surface area contributed by atoms with E-state index in [4.69, 9.17) is 4.74 Å². The molecule has 0 radical (unpaired) electrons. The lowest BCUT2D eigenvalue weighted by Gasteiger charge is -2.21. The minimum Gasteiger partial charge on any atom is -0.495 e. The summed E-state index contributed by atoms with van der Waals surface area (Å²) in [4.78, 5) is 0. The molecule has 0 heterocycles. The highest BCUT2D eigenvalue weighted by atomic mass is 32.2. The summed E-state index contributed by atoms with van der Waals surface area (Å²) in [6.45, 7) is 4.77. The number of ether oxygens (including phenoxy) is 1. The van der Waals surface area contributed by atoms with E-state index in [0.29, 0.717) is 30.4 Å². The minimum absolute atomic E-state index is 0.112. The lowest BCUT2D eigenvalue weighted by molar-refractivity contribution is 0.416. The predicted octanol–water partition coefficient (Wildman–Crippen LogP) is 1.85. The van der Waals surface area contributed by atoms with Gasteiger partial charge in [0.05, 0.1) is 18.6 Å². The summed E-state index contributed by atoms with van der Waals surface area (Å²) in [7, 11) is -0.238.